The van der Waals surface area contributed by atoms with Crippen LogP contribution in [-0.2, 0) is 0 Å². The molecule has 0 saturated heterocycles. The molecular formula is C12H17ClN2. The maximum atomic E-state index is 6.03. The molecule has 1 N–H and O–H groups in total. The molecule has 1 aromatic rings. The van der Waals surface area contributed by atoms with Crippen molar-refractivity contribution in [2.24, 2.45) is 5.41 Å². The number of aromatic nitrogens is 1. The lowest BCUT2D eigenvalue weighted by molar-refractivity contribution is 0.362. The van der Waals surface area contributed by atoms with Gasteiger partial charge in [-0.25, -0.2) is 0 Å². The van der Waals surface area contributed by atoms with E-state index < -0.39 is 0 Å². The third kappa shape index (κ3) is 2.63. The number of anilines is 1. The standard InChI is InChI=1S/C12H17ClN2/c1-12(5-2-3-6-12)9-15-11-4-7-14-8-10(11)13/h4,7-8H,2-3,5-6,9H2,1H3,(H,14,15). The van der Waals surface area contributed by atoms with E-state index >= 15 is 0 Å². The summed E-state index contributed by atoms with van der Waals surface area (Å²) in [7, 11) is 0. The highest BCUT2D eigenvalue weighted by Gasteiger charge is 2.28. The molecule has 2 rings (SSSR count). The van der Waals surface area contributed by atoms with E-state index in [1.807, 2.05) is 6.07 Å². The Balaban J connectivity index is 1.95. The first-order valence-corrected chi connectivity index (χ1v) is 5.91. The zero-order valence-electron chi connectivity index (χ0n) is 9.09. The average molecular weight is 225 g/mol. The van der Waals surface area contributed by atoms with Gasteiger partial charge in [-0.05, 0) is 24.3 Å². The Labute approximate surface area is 96.1 Å². The van der Waals surface area contributed by atoms with Crippen molar-refractivity contribution >= 4 is 17.3 Å². The van der Waals surface area contributed by atoms with Crippen LogP contribution in [0.25, 0.3) is 0 Å². The van der Waals surface area contributed by atoms with Crippen molar-refractivity contribution in [3.8, 4) is 0 Å². The molecule has 15 heavy (non-hydrogen) atoms. The first-order chi connectivity index (χ1) is 7.20. The highest BCUT2D eigenvalue weighted by Crippen LogP contribution is 2.37. The largest absolute Gasteiger partial charge is 0.383 e. The van der Waals surface area contributed by atoms with Crippen LogP contribution in [0, 0.1) is 5.41 Å². The number of halogens is 1. The van der Waals surface area contributed by atoms with Gasteiger partial charge in [0.1, 0.15) is 0 Å². The van der Waals surface area contributed by atoms with Crippen LogP contribution in [0.3, 0.4) is 0 Å². The Bertz CT molecular complexity index is 332. The summed E-state index contributed by atoms with van der Waals surface area (Å²) in [5.74, 6) is 0. The fraction of sp³-hybridized carbons (Fsp3) is 0.583. The van der Waals surface area contributed by atoms with E-state index in [-0.39, 0.29) is 0 Å². The van der Waals surface area contributed by atoms with Gasteiger partial charge in [-0.3, -0.25) is 4.98 Å². The number of nitrogens with one attached hydrogen (secondary N) is 1. The molecule has 82 valence electrons. The molecule has 1 fully saturated rings. The van der Waals surface area contributed by atoms with Crippen molar-refractivity contribution in [2.75, 3.05) is 11.9 Å². The van der Waals surface area contributed by atoms with E-state index in [1.165, 1.54) is 25.7 Å². The zero-order chi connectivity index (χ0) is 10.7. The maximum absolute atomic E-state index is 6.03. The molecule has 1 aliphatic carbocycles. The quantitative estimate of drug-likeness (QED) is 0.847. The Morgan fingerprint density at radius 3 is 2.87 bits per heavy atom. The molecule has 0 amide bonds. The van der Waals surface area contributed by atoms with Crippen LogP contribution in [-0.4, -0.2) is 11.5 Å². The molecule has 0 aromatic carbocycles. The molecule has 1 heterocycles. The molecule has 0 unspecified atom stereocenters. The van der Waals surface area contributed by atoms with Gasteiger partial charge < -0.3 is 5.32 Å². The van der Waals surface area contributed by atoms with Crippen molar-refractivity contribution in [2.45, 2.75) is 32.6 Å². The van der Waals surface area contributed by atoms with Crippen LogP contribution in [0.4, 0.5) is 5.69 Å². The van der Waals surface area contributed by atoms with Gasteiger partial charge in [0.15, 0.2) is 0 Å². The summed E-state index contributed by atoms with van der Waals surface area (Å²) in [6.07, 6.45) is 8.82. The second-order valence-corrected chi connectivity index (χ2v) is 5.13. The van der Waals surface area contributed by atoms with Gasteiger partial charge in [0, 0.05) is 18.9 Å². The topological polar surface area (TPSA) is 24.9 Å². The van der Waals surface area contributed by atoms with Crippen LogP contribution in [0.5, 0.6) is 0 Å². The van der Waals surface area contributed by atoms with Crippen molar-refractivity contribution in [3.05, 3.63) is 23.5 Å². The van der Waals surface area contributed by atoms with Crippen LogP contribution >= 0.6 is 11.6 Å². The van der Waals surface area contributed by atoms with Gasteiger partial charge in [-0.15, -0.1) is 0 Å². The molecule has 0 bridgehead atoms. The van der Waals surface area contributed by atoms with Crippen molar-refractivity contribution < 1.29 is 0 Å². The fourth-order valence-electron chi connectivity index (χ4n) is 2.23. The predicted octanol–water partition coefficient (Wildman–Crippen LogP) is 3.73. The minimum absolute atomic E-state index is 0.451. The van der Waals surface area contributed by atoms with Gasteiger partial charge >= 0.3 is 0 Å². The average Bonchev–Trinajstić information content (AvgIpc) is 2.65. The Kier molecular flexibility index (Phi) is 3.15. The highest BCUT2D eigenvalue weighted by atomic mass is 35.5. The SMILES string of the molecule is CC1(CNc2ccncc2Cl)CCCC1. The number of pyridine rings is 1. The second-order valence-electron chi connectivity index (χ2n) is 4.73. The van der Waals surface area contributed by atoms with Crippen LogP contribution in [0.2, 0.25) is 5.02 Å². The molecule has 0 spiro atoms. The molecule has 2 nitrogen and oxygen atoms in total. The smallest absolute Gasteiger partial charge is 0.0820 e. The molecule has 0 atom stereocenters. The zero-order valence-corrected chi connectivity index (χ0v) is 9.85. The molecule has 3 heteroatoms. The lowest BCUT2D eigenvalue weighted by Crippen LogP contribution is -2.23. The Hall–Kier alpha value is -0.760. The van der Waals surface area contributed by atoms with Gasteiger partial charge in [0.2, 0.25) is 0 Å². The summed E-state index contributed by atoms with van der Waals surface area (Å²) in [6, 6.07) is 1.93. The van der Waals surface area contributed by atoms with Gasteiger partial charge in [0.25, 0.3) is 0 Å². The third-order valence-corrected chi connectivity index (χ3v) is 3.59. The number of hydrogen-bond donors (Lipinski definition) is 1. The molecule has 0 aliphatic heterocycles. The van der Waals surface area contributed by atoms with Crippen molar-refractivity contribution in [1.82, 2.24) is 4.98 Å². The van der Waals surface area contributed by atoms with Gasteiger partial charge in [-0.2, -0.15) is 0 Å². The van der Waals surface area contributed by atoms with E-state index in [1.54, 1.807) is 12.4 Å². The van der Waals surface area contributed by atoms with E-state index in [4.69, 9.17) is 11.6 Å². The Morgan fingerprint density at radius 2 is 2.20 bits per heavy atom. The van der Waals surface area contributed by atoms with Gasteiger partial charge in [-0.1, -0.05) is 31.4 Å². The molecule has 1 saturated carbocycles. The lowest BCUT2D eigenvalue weighted by atomic mass is 9.89. The summed E-state index contributed by atoms with van der Waals surface area (Å²) < 4.78 is 0. The van der Waals surface area contributed by atoms with E-state index in [9.17, 15) is 0 Å². The van der Waals surface area contributed by atoms with Crippen LogP contribution in [0.15, 0.2) is 18.5 Å². The predicted molar refractivity (Wildman–Crippen MR) is 64.3 cm³/mol. The lowest BCUT2D eigenvalue weighted by Gasteiger charge is -2.24. The minimum Gasteiger partial charge on any atom is -0.383 e. The second kappa shape index (κ2) is 4.40. The first kappa shape index (κ1) is 10.7. The summed E-state index contributed by atoms with van der Waals surface area (Å²) in [5, 5.41) is 4.13. The normalized spacial score (nSPS) is 19.1. The maximum Gasteiger partial charge on any atom is 0.0820 e. The van der Waals surface area contributed by atoms with E-state index in [0.29, 0.717) is 10.4 Å². The first-order valence-electron chi connectivity index (χ1n) is 5.53. The van der Waals surface area contributed by atoms with Crippen LogP contribution in [0.1, 0.15) is 32.6 Å². The number of rotatable bonds is 3. The van der Waals surface area contributed by atoms with E-state index in [2.05, 4.69) is 17.2 Å². The molecule has 1 aliphatic rings. The molecule has 1 aromatic heterocycles. The summed E-state index contributed by atoms with van der Waals surface area (Å²) in [5.41, 5.74) is 1.45. The summed E-state index contributed by atoms with van der Waals surface area (Å²) in [6.45, 7) is 3.36. The monoisotopic (exact) mass is 224 g/mol. The summed E-state index contributed by atoms with van der Waals surface area (Å²) in [4.78, 5) is 3.97. The van der Waals surface area contributed by atoms with Crippen LogP contribution < -0.4 is 5.32 Å². The van der Waals surface area contributed by atoms with Crippen molar-refractivity contribution in [3.63, 3.8) is 0 Å². The van der Waals surface area contributed by atoms with E-state index in [0.717, 1.165) is 12.2 Å². The third-order valence-electron chi connectivity index (χ3n) is 3.29. The number of nitrogens with zero attached hydrogens (tertiary/aromatic N) is 1. The Morgan fingerprint density at radius 1 is 1.47 bits per heavy atom. The highest BCUT2D eigenvalue weighted by molar-refractivity contribution is 6.33. The minimum atomic E-state index is 0.451. The number of hydrogen-bond acceptors (Lipinski definition) is 2. The molecule has 0 radical (unpaired) electrons. The summed E-state index contributed by atoms with van der Waals surface area (Å²) >= 11 is 6.03. The van der Waals surface area contributed by atoms with Crippen molar-refractivity contribution in [1.29, 1.82) is 0 Å². The molecular weight excluding hydrogens is 208 g/mol. The fourth-order valence-corrected chi connectivity index (χ4v) is 2.42. The van der Waals surface area contributed by atoms with Gasteiger partial charge in [0.05, 0.1) is 10.7 Å².